The molecule has 0 saturated heterocycles. The second-order valence-corrected chi connectivity index (χ2v) is 9.92. The van der Waals surface area contributed by atoms with Crippen LogP contribution in [0.15, 0.2) is 96.5 Å². The normalized spacial score (nSPS) is 15.5. The topological polar surface area (TPSA) is 67.6 Å². The SMILES string of the molecule is C=CCN1C(=O)C(C(Cc2ccc(F)cc2)=NC(=O)c2cccc(C(F)(F)F)c2)Cc2c(C)nn(-c3ccccc3)c21. The number of aliphatic imine (C=N–C) groups is 1. The molecule has 1 aromatic heterocycles. The molecule has 6 nitrogen and oxygen atoms in total. The predicted octanol–water partition coefficient (Wildman–Crippen LogP) is 6.55. The number of carbonyl (C=O) groups is 2. The second-order valence-electron chi connectivity index (χ2n) is 9.92. The largest absolute Gasteiger partial charge is 0.416 e. The van der Waals surface area contributed by atoms with E-state index < -0.39 is 29.4 Å². The van der Waals surface area contributed by atoms with Gasteiger partial charge < -0.3 is 0 Å². The number of hydrogen-bond acceptors (Lipinski definition) is 3. The van der Waals surface area contributed by atoms with E-state index in [0.29, 0.717) is 17.1 Å². The first-order chi connectivity index (χ1) is 20.1. The average Bonchev–Trinajstić information content (AvgIpc) is 3.31. The lowest BCUT2D eigenvalue weighted by molar-refractivity contribution is -0.137. The van der Waals surface area contributed by atoms with E-state index in [-0.39, 0.29) is 36.6 Å². The van der Waals surface area contributed by atoms with Gasteiger partial charge in [0.05, 0.1) is 22.9 Å². The fraction of sp³-hybridized carbons (Fsp3) is 0.188. The number of anilines is 1. The molecule has 0 saturated carbocycles. The van der Waals surface area contributed by atoms with Crippen molar-refractivity contribution < 1.29 is 27.2 Å². The van der Waals surface area contributed by atoms with Crippen LogP contribution in [0.2, 0.25) is 0 Å². The molecular formula is C32H26F4N4O2. The third kappa shape index (κ3) is 5.79. The Balaban J connectivity index is 1.61. The van der Waals surface area contributed by atoms with Crippen molar-refractivity contribution >= 4 is 23.3 Å². The van der Waals surface area contributed by atoms with Crippen molar-refractivity contribution in [2.75, 3.05) is 11.4 Å². The van der Waals surface area contributed by atoms with E-state index >= 15 is 0 Å². The molecule has 4 aromatic rings. The molecule has 1 atom stereocenters. The monoisotopic (exact) mass is 574 g/mol. The van der Waals surface area contributed by atoms with E-state index in [0.717, 1.165) is 29.4 Å². The fourth-order valence-corrected chi connectivity index (χ4v) is 5.04. The van der Waals surface area contributed by atoms with Gasteiger partial charge in [-0.05, 0) is 61.4 Å². The lowest BCUT2D eigenvalue weighted by Crippen LogP contribution is -2.46. The highest BCUT2D eigenvalue weighted by atomic mass is 19.4. The van der Waals surface area contributed by atoms with Crippen molar-refractivity contribution in [3.8, 4) is 5.69 Å². The zero-order valence-electron chi connectivity index (χ0n) is 22.6. The maximum Gasteiger partial charge on any atom is 0.416 e. The van der Waals surface area contributed by atoms with Gasteiger partial charge in [0.25, 0.3) is 5.91 Å². The van der Waals surface area contributed by atoms with Gasteiger partial charge in [0.2, 0.25) is 5.91 Å². The number of nitrogens with zero attached hydrogens (tertiary/aromatic N) is 4. The van der Waals surface area contributed by atoms with Crippen LogP contribution < -0.4 is 4.90 Å². The van der Waals surface area contributed by atoms with E-state index in [1.165, 1.54) is 35.2 Å². The van der Waals surface area contributed by atoms with Gasteiger partial charge >= 0.3 is 6.18 Å². The molecule has 0 aliphatic carbocycles. The van der Waals surface area contributed by atoms with Crippen molar-refractivity contribution in [2.24, 2.45) is 10.9 Å². The summed E-state index contributed by atoms with van der Waals surface area (Å²) in [6.07, 6.45) is -2.90. The van der Waals surface area contributed by atoms with Crippen molar-refractivity contribution in [3.63, 3.8) is 0 Å². The Morgan fingerprint density at radius 3 is 2.45 bits per heavy atom. The highest BCUT2D eigenvalue weighted by molar-refractivity contribution is 6.16. The van der Waals surface area contributed by atoms with Crippen LogP contribution >= 0.6 is 0 Å². The molecule has 2 heterocycles. The van der Waals surface area contributed by atoms with Gasteiger partial charge in [-0.2, -0.15) is 18.3 Å². The minimum atomic E-state index is -4.64. The van der Waals surface area contributed by atoms with Gasteiger partial charge in [-0.3, -0.25) is 14.5 Å². The van der Waals surface area contributed by atoms with Crippen LogP contribution in [0.4, 0.5) is 23.4 Å². The molecule has 42 heavy (non-hydrogen) atoms. The number of rotatable bonds is 7. The number of aromatic nitrogens is 2. The highest BCUT2D eigenvalue weighted by Gasteiger charge is 2.40. The van der Waals surface area contributed by atoms with Gasteiger partial charge in [-0.25, -0.2) is 14.1 Å². The summed E-state index contributed by atoms with van der Waals surface area (Å²) in [6, 6.07) is 18.8. The first-order valence-corrected chi connectivity index (χ1v) is 13.2. The molecule has 214 valence electrons. The second kappa shape index (κ2) is 11.6. The zero-order valence-corrected chi connectivity index (χ0v) is 22.6. The Morgan fingerprint density at radius 1 is 1.07 bits per heavy atom. The predicted molar refractivity (Wildman–Crippen MR) is 151 cm³/mol. The Morgan fingerprint density at radius 2 is 1.79 bits per heavy atom. The van der Waals surface area contributed by atoms with Gasteiger partial charge in [0, 0.05) is 29.8 Å². The molecular weight excluding hydrogens is 548 g/mol. The molecule has 3 aromatic carbocycles. The summed E-state index contributed by atoms with van der Waals surface area (Å²) >= 11 is 0. The first kappa shape index (κ1) is 28.7. The highest BCUT2D eigenvalue weighted by Crippen LogP contribution is 2.36. The first-order valence-electron chi connectivity index (χ1n) is 13.2. The van der Waals surface area contributed by atoms with E-state index in [2.05, 4.69) is 11.6 Å². The third-order valence-corrected chi connectivity index (χ3v) is 7.08. The Bertz CT molecular complexity index is 1680. The van der Waals surface area contributed by atoms with E-state index in [9.17, 15) is 27.2 Å². The molecule has 10 heteroatoms. The number of halogens is 4. The summed E-state index contributed by atoms with van der Waals surface area (Å²) < 4.78 is 55.3. The number of alkyl halides is 3. The van der Waals surface area contributed by atoms with Crippen LogP contribution in [0.3, 0.4) is 0 Å². The number of amides is 2. The molecule has 1 aliphatic heterocycles. The molecule has 2 amide bonds. The quantitative estimate of drug-likeness (QED) is 0.143. The van der Waals surface area contributed by atoms with Gasteiger partial charge in [-0.15, -0.1) is 6.58 Å². The Labute approximate surface area is 239 Å². The molecule has 0 spiro atoms. The summed E-state index contributed by atoms with van der Waals surface area (Å²) in [5.41, 5.74) is 1.68. The summed E-state index contributed by atoms with van der Waals surface area (Å²) in [6.45, 7) is 5.76. The summed E-state index contributed by atoms with van der Waals surface area (Å²) in [7, 11) is 0. The van der Waals surface area contributed by atoms with Gasteiger partial charge in [0.1, 0.15) is 11.6 Å². The van der Waals surface area contributed by atoms with Crippen LogP contribution in [0.1, 0.15) is 32.7 Å². The van der Waals surface area contributed by atoms with Gasteiger partial charge in [-0.1, -0.05) is 42.5 Å². The Kier molecular flexibility index (Phi) is 7.89. The third-order valence-electron chi connectivity index (χ3n) is 7.08. The van der Waals surface area contributed by atoms with Crippen molar-refractivity contribution in [3.05, 3.63) is 125 Å². The summed E-state index contributed by atoms with van der Waals surface area (Å²) in [5, 5.41) is 4.69. The van der Waals surface area contributed by atoms with Crippen LogP contribution in [0.5, 0.6) is 0 Å². The van der Waals surface area contributed by atoms with Crippen LogP contribution in [-0.2, 0) is 23.8 Å². The molecule has 0 N–H and O–H groups in total. The summed E-state index contributed by atoms with van der Waals surface area (Å²) in [4.78, 5) is 33.1. The zero-order chi connectivity index (χ0) is 30.0. The van der Waals surface area contributed by atoms with Crippen molar-refractivity contribution in [2.45, 2.75) is 25.9 Å². The summed E-state index contributed by atoms with van der Waals surface area (Å²) in [5.74, 6) is -2.09. The molecule has 1 unspecified atom stereocenters. The number of hydrogen-bond donors (Lipinski definition) is 0. The Hall–Kier alpha value is -4.86. The molecule has 1 aliphatic rings. The smallest absolute Gasteiger partial charge is 0.292 e. The number of fused-ring (bicyclic) bond motifs is 1. The van der Waals surface area contributed by atoms with E-state index in [1.807, 2.05) is 37.3 Å². The molecule has 0 bridgehead atoms. The maximum absolute atomic E-state index is 14.1. The van der Waals surface area contributed by atoms with Crippen molar-refractivity contribution in [1.29, 1.82) is 0 Å². The van der Waals surface area contributed by atoms with Crippen LogP contribution in [0, 0.1) is 18.7 Å². The van der Waals surface area contributed by atoms with Crippen LogP contribution in [-0.4, -0.2) is 33.9 Å². The number of benzene rings is 3. The van der Waals surface area contributed by atoms with E-state index in [4.69, 9.17) is 5.10 Å². The minimum absolute atomic E-state index is 0.00448. The molecule has 0 radical (unpaired) electrons. The molecule has 0 fully saturated rings. The average molecular weight is 575 g/mol. The lowest BCUT2D eigenvalue weighted by Gasteiger charge is -2.33. The van der Waals surface area contributed by atoms with Crippen molar-refractivity contribution in [1.82, 2.24) is 9.78 Å². The van der Waals surface area contributed by atoms with Crippen LogP contribution in [0.25, 0.3) is 5.69 Å². The fourth-order valence-electron chi connectivity index (χ4n) is 5.04. The minimum Gasteiger partial charge on any atom is -0.292 e. The lowest BCUT2D eigenvalue weighted by atomic mass is 9.86. The number of carbonyl (C=O) groups excluding carboxylic acids is 2. The van der Waals surface area contributed by atoms with Gasteiger partial charge in [0.15, 0.2) is 0 Å². The number of aryl methyl sites for hydroxylation is 1. The van der Waals surface area contributed by atoms with E-state index in [1.54, 1.807) is 10.8 Å². The standard InChI is InChI=1S/C32H26F4N4O2/c1-3-16-39-30-26(20(2)38-40(30)25-10-5-4-6-11-25)19-27(31(39)42)28(17-21-12-14-24(33)15-13-21)37-29(41)22-8-7-9-23(18-22)32(34,35)36/h3-15,18,27H,1,16-17,19H2,2H3. The maximum atomic E-state index is 14.1. The molecule has 5 rings (SSSR count). The number of para-hydroxylation sites is 1.